The van der Waals surface area contributed by atoms with Gasteiger partial charge in [0.1, 0.15) is 5.00 Å². The molecule has 96 valence electrons. The predicted molar refractivity (Wildman–Crippen MR) is 79.3 cm³/mol. The molecule has 0 saturated heterocycles. The largest absolute Gasteiger partial charge is 0.375 e. The van der Waals surface area contributed by atoms with Crippen LogP contribution in [0.2, 0.25) is 0 Å². The normalized spacial score (nSPS) is 17.1. The summed E-state index contributed by atoms with van der Waals surface area (Å²) >= 11 is 1.59. The van der Waals surface area contributed by atoms with Crippen LogP contribution in [0.4, 0.5) is 5.00 Å². The minimum atomic E-state index is 0.949. The number of hydrogen-bond acceptors (Lipinski definition) is 3. The second kappa shape index (κ2) is 5.70. The number of benzene rings is 1. The topological polar surface area (TPSA) is 24.9 Å². The fourth-order valence-electron chi connectivity index (χ4n) is 2.88. The van der Waals surface area contributed by atoms with Crippen LogP contribution >= 0.6 is 11.5 Å². The van der Waals surface area contributed by atoms with E-state index in [2.05, 4.69) is 27.9 Å². The van der Waals surface area contributed by atoms with Crippen LogP contribution in [0, 0.1) is 5.92 Å². The van der Waals surface area contributed by atoms with E-state index in [1.165, 1.54) is 48.9 Å². The van der Waals surface area contributed by atoms with Gasteiger partial charge in [-0.25, -0.2) is 0 Å². The van der Waals surface area contributed by atoms with Crippen molar-refractivity contribution in [1.29, 1.82) is 0 Å². The van der Waals surface area contributed by atoms with Crippen LogP contribution in [-0.2, 0) is 0 Å². The Morgan fingerprint density at radius 2 is 2.00 bits per heavy atom. The Bertz CT molecular complexity index is 500. The molecule has 18 heavy (non-hydrogen) atoms. The summed E-state index contributed by atoms with van der Waals surface area (Å²) in [5.41, 5.74) is 1.11. The molecular formula is C15H20N2S. The molecule has 0 atom stereocenters. The number of rotatable bonds is 4. The Morgan fingerprint density at radius 1 is 1.17 bits per heavy atom. The van der Waals surface area contributed by atoms with Gasteiger partial charge >= 0.3 is 0 Å². The van der Waals surface area contributed by atoms with E-state index >= 15 is 0 Å². The van der Waals surface area contributed by atoms with Crippen molar-refractivity contribution < 1.29 is 0 Å². The fraction of sp³-hybridized carbons (Fsp3) is 0.533. The van der Waals surface area contributed by atoms with Gasteiger partial charge < -0.3 is 5.32 Å². The molecule has 3 rings (SSSR count). The van der Waals surface area contributed by atoms with Crippen molar-refractivity contribution in [2.24, 2.45) is 5.92 Å². The van der Waals surface area contributed by atoms with E-state index < -0.39 is 0 Å². The van der Waals surface area contributed by atoms with Gasteiger partial charge in [0.05, 0.1) is 5.52 Å². The lowest BCUT2D eigenvalue weighted by Crippen LogP contribution is -2.11. The van der Waals surface area contributed by atoms with Crippen LogP contribution in [0.25, 0.3) is 10.9 Å². The maximum atomic E-state index is 4.46. The monoisotopic (exact) mass is 260 g/mol. The number of fused-ring (bicyclic) bond motifs is 1. The number of nitrogens with one attached hydrogen (secondary N) is 1. The summed E-state index contributed by atoms with van der Waals surface area (Å²) in [6.45, 7) is 1.09. The molecular weight excluding hydrogens is 240 g/mol. The van der Waals surface area contributed by atoms with Crippen molar-refractivity contribution >= 4 is 27.4 Å². The van der Waals surface area contributed by atoms with E-state index in [-0.39, 0.29) is 0 Å². The summed E-state index contributed by atoms with van der Waals surface area (Å²) in [5.74, 6) is 0.949. The van der Waals surface area contributed by atoms with Crippen molar-refractivity contribution in [3.8, 4) is 0 Å². The minimum absolute atomic E-state index is 0.949. The lowest BCUT2D eigenvalue weighted by Gasteiger charge is -2.21. The molecule has 0 radical (unpaired) electrons. The predicted octanol–water partition coefficient (Wildman–Crippen LogP) is 4.68. The van der Waals surface area contributed by atoms with Crippen molar-refractivity contribution in [3.63, 3.8) is 0 Å². The maximum absolute atomic E-state index is 4.46. The van der Waals surface area contributed by atoms with E-state index in [9.17, 15) is 0 Å². The van der Waals surface area contributed by atoms with Crippen LogP contribution < -0.4 is 5.32 Å². The molecule has 0 spiro atoms. The van der Waals surface area contributed by atoms with E-state index in [4.69, 9.17) is 0 Å². The summed E-state index contributed by atoms with van der Waals surface area (Å²) in [4.78, 5) is 0. The van der Waals surface area contributed by atoms with Crippen molar-refractivity contribution in [2.75, 3.05) is 11.9 Å². The highest BCUT2D eigenvalue weighted by atomic mass is 32.1. The first-order valence-electron chi connectivity index (χ1n) is 7.02. The fourth-order valence-corrected chi connectivity index (χ4v) is 3.67. The molecule has 1 aromatic carbocycles. The molecule has 3 heteroatoms. The van der Waals surface area contributed by atoms with Gasteiger partial charge in [-0.3, -0.25) is 0 Å². The number of nitrogens with zero attached hydrogens (tertiary/aromatic N) is 1. The van der Waals surface area contributed by atoms with Crippen LogP contribution in [0.15, 0.2) is 24.3 Å². The van der Waals surface area contributed by atoms with Gasteiger partial charge in [-0.2, -0.15) is 4.37 Å². The molecule has 1 aromatic heterocycles. The second-order valence-electron chi connectivity index (χ2n) is 5.25. The highest BCUT2D eigenvalue weighted by molar-refractivity contribution is 7.11. The molecule has 1 aliphatic carbocycles. The Morgan fingerprint density at radius 3 is 2.89 bits per heavy atom. The van der Waals surface area contributed by atoms with Crippen molar-refractivity contribution in [3.05, 3.63) is 24.3 Å². The first-order valence-corrected chi connectivity index (χ1v) is 7.79. The molecule has 1 saturated carbocycles. The molecule has 0 amide bonds. The third kappa shape index (κ3) is 2.66. The summed E-state index contributed by atoms with van der Waals surface area (Å²) in [6.07, 6.45) is 8.51. The molecule has 0 unspecified atom stereocenters. The third-order valence-electron chi connectivity index (χ3n) is 3.95. The van der Waals surface area contributed by atoms with Gasteiger partial charge in [0.25, 0.3) is 0 Å². The molecule has 0 aliphatic heterocycles. The Balaban J connectivity index is 1.56. The Kier molecular flexibility index (Phi) is 3.79. The zero-order valence-electron chi connectivity index (χ0n) is 10.7. The smallest absolute Gasteiger partial charge is 0.117 e. The Hall–Kier alpha value is -1.09. The van der Waals surface area contributed by atoms with Crippen LogP contribution in [0.3, 0.4) is 0 Å². The SMILES string of the molecule is c1ccc2c(NCCC3CCCCC3)snc2c1. The quantitative estimate of drug-likeness (QED) is 0.863. The lowest BCUT2D eigenvalue weighted by atomic mass is 9.87. The third-order valence-corrected chi connectivity index (χ3v) is 4.78. The zero-order chi connectivity index (χ0) is 12.2. The lowest BCUT2D eigenvalue weighted by molar-refractivity contribution is 0.345. The summed E-state index contributed by atoms with van der Waals surface area (Å²) in [7, 11) is 0. The van der Waals surface area contributed by atoms with Gasteiger partial charge in [-0.15, -0.1) is 0 Å². The molecule has 2 nitrogen and oxygen atoms in total. The minimum Gasteiger partial charge on any atom is -0.375 e. The number of hydrogen-bond donors (Lipinski definition) is 1. The Labute approximate surface area is 113 Å². The van der Waals surface area contributed by atoms with Crippen LogP contribution in [0.5, 0.6) is 0 Å². The zero-order valence-corrected chi connectivity index (χ0v) is 11.5. The highest BCUT2D eigenvalue weighted by Crippen LogP contribution is 2.29. The molecule has 2 aromatic rings. The molecule has 0 bridgehead atoms. The van der Waals surface area contributed by atoms with Gasteiger partial charge in [0, 0.05) is 11.9 Å². The van der Waals surface area contributed by atoms with Crippen LogP contribution in [0.1, 0.15) is 38.5 Å². The number of aromatic nitrogens is 1. The van der Waals surface area contributed by atoms with E-state index in [0.717, 1.165) is 18.0 Å². The average molecular weight is 260 g/mol. The molecule has 1 aliphatic rings. The highest BCUT2D eigenvalue weighted by Gasteiger charge is 2.13. The van der Waals surface area contributed by atoms with Crippen LogP contribution in [-0.4, -0.2) is 10.9 Å². The summed E-state index contributed by atoms with van der Waals surface area (Å²) in [6, 6.07) is 8.37. The van der Waals surface area contributed by atoms with E-state index in [0.29, 0.717) is 0 Å². The van der Waals surface area contributed by atoms with E-state index in [1.54, 1.807) is 11.5 Å². The summed E-state index contributed by atoms with van der Waals surface area (Å²) < 4.78 is 4.46. The average Bonchev–Trinajstić information content (AvgIpc) is 2.84. The standard InChI is InChI=1S/C15H20N2S/c1-2-6-12(7-3-1)10-11-16-15-13-8-4-5-9-14(13)17-18-15/h4-5,8-9,12,16H,1-3,6-7,10-11H2. The van der Waals surface area contributed by atoms with Gasteiger partial charge in [-0.05, 0) is 36.0 Å². The van der Waals surface area contributed by atoms with Gasteiger partial charge in [-0.1, -0.05) is 44.2 Å². The van der Waals surface area contributed by atoms with Crippen molar-refractivity contribution in [1.82, 2.24) is 4.37 Å². The van der Waals surface area contributed by atoms with Gasteiger partial charge in [0.2, 0.25) is 0 Å². The van der Waals surface area contributed by atoms with Gasteiger partial charge in [0.15, 0.2) is 0 Å². The second-order valence-corrected chi connectivity index (χ2v) is 6.02. The first-order chi connectivity index (χ1) is 8.93. The summed E-state index contributed by atoms with van der Waals surface area (Å²) in [5, 5.41) is 6.08. The molecule has 1 fully saturated rings. The molecule has 1 N–H and O–H groups in total. The van der Waals surface area contributed by atoms with E-state index in [1.807, 2.05) is 6.07 Å². The first kappa shape index (κ1) is 12.0. The van der Waals surface area contributed by atoms with Crippen molar-refractivity contribution in [2.45, 2.75) is 38.5 Å². The molecule has 1 heterocycles. The number of anilines is 1. The maximum Gasteiger partial charge on any atom is 0.117 e.